The average Bonchev–Trinajstić information content (AvgIpc) is 3.17. The van der Waals surface area contributed by atoms with Crippen LogP contribution >= 0.6 is 0 Å². The van der Waals surface area contributed by atoms with Gasteiger partial charge in [0.25, 0.3) is 0 Å². The number of carbonyl (C=O) groups excluding carboxylic acids is 1. The summed E-state index contributed by atoms with van der Waals surface area (Å²) in [6.45, 7) is 4.01. The number of anilines is 2. The summed E-state index contributed by atoms with van der Waals surface area (Å²) in [5.74, 6) is 0.0239. The number of hydrogen-bond donors (Lipinski definition) is 2. The van der Waals surface area contributed by atoms with E-state index in [0.717, 1.165) is 37.4 Å². The number of ether oxygens (including phenoxy) is 1. The molecule has 0 aromatic heterocycles. The van der Waals surface area contributed by atoms with Crippen molar-refractivity contribution in [3.05, 3.63) is 83.4 Å². The molecule has 0 unspecified atom stereocenters. The molecule has 2 N–H and O–H groups in total. The molecule has 5 rings (SSSR count). The van der Waals surface area contributed by atoms with Crippen LogP contribution in [0.15, 0.2) is 66.7 Å². The molecular weight excluding hydrogens is 414 g/mol. The summed E-state index contributed by atoms with van der Waals surface area (Å²) in [6, 6.07) is 22.2. The lowest BCUT2D eigenvalue weighted by atomic mass is 9.98. The molecule has 1 heterocycles. The lowest BCUT2D eigenvalue weighted by Crippen LogP contribution is -2.44. The Kier molecular flexibility index (Phi) is 6.03. The van der Waals surface area contributed by atoms with E-state index in [1.54, 1.807) is 0 Å². The zero-order valence-corrected chi connectivity index (χ0v) is 18.8. The predicted octanol–water partition coefficient (Wildman–Crippen LogP) is 4.29. The van der Waals surface area contributed by atoms with Crippen LogP contribution in [-0.2, 0) is 11.3 Å². The fourth-order valence-electron chi connectivity index (χ4n) is 4.90. The SMILES string of the molecule is CN1CCN(c2ccc(NC(=O)OCC3c4ccccc4-c4ccccc43)cc2CO)CC1. The summed E-state index contributed by atoms with van der Waals surface area (Å²) in [7, 11) is 2.12. The second-order valence-corrected chi connectivity index (χ2v) is 8.74. The van der Waals surface area contributed by atoms with Gasteiger partial charge in [-0.25, -0.2) is 4.79 Å². The van der Waals surface area contributed by atoms with E-state index in [-0.39, 0.29) is 19.1 Å². The van der Waals surface area contributed by atoms with Crippen LogP contribution in [0.3, 0.4) is 0 Å². The highest BCUT2D eigenvalue weighted by atomic mass is 16.5. The molecule has 3 aromatic carbocycles. The van der Waals surface area contributed by atoms with Crippen molar-refractivity contribution < 1.29 is 14.6 Å². The Morgan fingerprint density at radius 2 is 1.61 bits per heavy atom. The minimum atomic E-state index is -0.493. The van der Waals surface area contributed by atoms with Gasteiger partial charge in [0.1, 0.15) is 6.61 Å². The van der Waals surface area contributed by atoms with Crippen molar-refractivity contribution in [3.8, 4) is 11.1 Å². The van der Waals surface area contributed by atoms with Crippen LogP contribution in [0.1, 0.15) is 22.6 Å². The highest BCUT2D eigenvalue weighted by Gasteiger charge is 2.29. The number of likely N-dealkylation sites (N-methyl/N-ethyl adjacent to an activating group) is 1. The maximum absolute atomic E-state index is 12.6. The zero-order valence-electron chi connectivity index (χ0n) is 18.8. The van der Waals surface area contributed by atoms with Gasteiger partial charge in [0.05, 0.1) is 6.61 Å². The first-order valence-electron chi connectivity index (χ1n) is 11.4. The van der Waals surface area contributed by atoms with E-state index >= 15 is 0 Å². The van der Waals surface area contributed by atoms with Gasteiger partial charge in [0, 0.05) is 49.0 Å². The summed E-state index contributed by atoms with van der Waals surface area (Å²) in [6.07, 6.45) is -0.493. The molecule has 0 atom stereocenters. The van der Waals surface area contributed by atoms with Gasteiger partial charge >= 0.3 is 6.09 Å². The van der Waals surface area contributed by atoms with Crippen molar-refractivity contribution in [2.24, 2.45) is 0 Å². The summed E-state index contributed by atoms with van der Waals surface area (Å²) >= 11 is 0. The number of nitrogens with one attached hydrogen (secondary N) is 1. The van der Waals surface area contributed by atoms with Gasteiger partial charge in [-0.2, -0.15) is 0 Å². The molecule has 1 saturated heterocycles. The number of aliphatic hydroxyl groups excluding tert-OH is 1. The molecule has 1 amide bonds. The Morgan fingerprint density at radius 3 is 2.24 bits per heavy atom. The van der Waals surface area contributed by atoms with Crippen molar-refractivity contribution >= 4 is 17.5 Å². The number of benzene rings is 3. The number of hydrogen-bond acceptors (Lipinski definition) is 5. The minimum Gasteiger partial charge on any atom is -0.448 e. The maximum Gasteiger partial charge on any atom is 0.411 e. The van der Waals surface area contributed by atoms with Crippen LogP contribution in [0.4, 0.5) is 16.2 Å². The summed E-state index contributed by atoms with van der Waals surface area (Å²) in [5.41, 5.74) is 7.22. The molecule has 0 radical (unpaired) electrons. The Hall–Kier alpha value is -3.35. The van der Waals surface area contributed by atoms with Gasteiger partial charge in [0.15, 0.2) is 0 Å². The van der Waals surface area contributed by atoms with Crippen molar-refractivity contribution in [1.29, 1.82) is 0 Å². The number of nitrogens with zero attached hydrogens (tertiary/aromatic N) is 2. The fraction of sp³-hybridized carbons (Fsp3) is 0.296. The maximum atomic E-state index is 12.6. The molecule has 6 heteroatoms. The smallest absolute Gasteiger partial charge is 0.411 e. The number of carbonyl (C=O) groups is 1. The Bertz CT molecular complexity index is 1110. The van der Waals surface area contributed by atoms with Crippen molar-refractivity contribution in [3.63, 3.8) is 0 Å². The normalized spacial score (nSPS) is 15.8. The van der Waals surface area contributed by atoms with Gasteiger partial charge in [-0.3, -0.25) is 5.32 Å². The van der Waals surface area contributed by atoms with Gasteiger partial charge < -0.3 is 19.6 Å². The van der Waals surface area contributed by atoms with Gasteiger partial charge in [-0.1, -0.05) is 48.5 Å². The molecule has 33 heavy (non-hydrogen) atoms. The van der Waals surface area contributed by atoms with Crippen LogP contribution in [0.5, 0.6) is 0 Å². The number of aliphatic hydroxyl groups is 1. The molecule has 0 bridgehead atoms. The highest BCUT2D eigenvalue weighted by molar-refractivity contribution is 5.86. The topological polar surface area (TPSA) is 65.0 Å². The van der Waals surface area contributed by atoms with E-state index < -0.39 is 6.09 Å². The fourth-order valence-corrected chi connectivity index (χ4v) is 4.90. The largest absolute Gasteiger partial charge is 0.448 e. The minimum absolute atomic E-state index is 0.0239. The van der Waals surface area contributed by atoms with Crippen LogP contribution < -0.4 is 10.2 Å². The number of fused-ring (bicyclic) bond motifs is 3. The predicted molar refractivity (Wildman–Crippen MR) is 131 cm³/mol. The first-order valence-corrected chi connectivity index (χ1v) is 11.4. The van der Waals surface area contributed by atoms with Gasteiger partial charge in [0.2, 0.25) is 0 Å². The lowest BCUT2D eigenvalue weighted by molar-refractivity contribution is 0.158. The molecular formula is C27H29N3O3. The highest BCUT2D eigenvalue weighted by Crippen LogP contribution is 2.44. The lowest BCUT2D eigenvalue weighted by Gasteiger charge is -2.35. The van der Waals surface area contributed by atoms with Crippen LogP contribution in [0, 0.1) is 0 Å². The average molecular weight is 444 g/mol. The third-order valence-electron chi connectivity index (χ3n) is 6.68. The van der Waals surface area contributed by atoms with Gasteiger partial charge in [-0.15, -0.1) is 0 Å². The zero-order chi connectivity index (χ0) is 22.8. The molecule has 0 saturated carbocycles. The Morgan fingerprint density at radius 1 is 0.970 bits per heavy atom. The van der Waals surface area contributed by atoms with E-state index in [9.17, 15) is 9.90 Å². The summed E-state index contributed by atoms with van der Waals surface area (Å²) in [5, 5.41) is 12.7. The Balaban J connectivity index is 1.25. The first kappa shape index (κ1) is 21.5. The first-order chi connectivity index (χ1) is 16.1. The molecule has 1 aliphatic carbocycles. The van der Waals surface area contributed by atoms with Gasteiger partial charge in [-0.05, 0) is 47.5 Å². The standard InChI is InChI=1S/C27H29N3O3/c1-29-12-14-30(15-13-29)26-11-10-20(16-19(26)17-31)28-27(32)33-18-25-23-8-4-2-6-21(23)22-7-3-5-9-24(22)25/h2-11,16,25,31H,12-15,17-18H2,1H3,(H,28,32). The molecule has 2 aliphatic rings. The van der Waals surface area contributed by atoms with Crippen LogP contribution in [-0.4, -0.2) is 55.9 Å². The molecule has 6 nitrogen and oxygen atoms in total. The molecule has 1 fully saturated rings. The molecule has 3 aromatic rings. The van der Waals surface area contributed by atoms with E-state index in [1.807, 2.05) is 42.5 Å². The van der Waals surface area contributed by atoms with Crippen molar-refractivity contribution in [2.45, 2.75) is 12.5 Å². The Labute approximate surface area is 194 Å². The van der Waals surface area contributed by atoms with Crippen LogP contribution in [0.25, 0.3) is 11.1 Å². The number of piperazine rings is 1. The number of rotatable bonds is 5. The summed E-state index contributed by atoms with van der Waals surface area (Å²) in [4.78, 5) is 17.2. The second-order valence-electron chi connectivity index (χ2n) is 8.74. The molecule has 0 spiro atoms. The number of amides is 1. The van der Waals surface area contributed by atoms with E-state index in [4.69, 9.17) is 4.74 Å². The molecule has 1 aliphatic heterocycles. The van der Waals surface area contributed by atoms with E-state index in [0.29, 0.717) is 5.69 Å². The summed E-state index contributed by atoms with van der Waals surface area (Å²) < 4.78 is 5.65. The van der Waals surface area contributed by atoms with Crippen LogP contribution in [0.2, 0.25) is 0 Å². The third-order valence-corrected chi connectivity index (χ3v) is 6.68. The van der Waals surface area contributed by atoms with E-state index in [2.05, 4.69) is 46.4 Å². The monoisotopic (exact) mass is 443 g/mol. The van der Waals surface area contributed by atoms with Crippen molar-refractivity contribution in [1.82, 2.24) is 4.90 Å². The van der Waals surface area contributed by atoms with E-state index in [1.165, 1.54) is 22.3 Å². The quantitative estimate of drug-likeness (QED) is 0.616. The van der Waals surface area contributed by atoms with Crippen molar-refractivity contribution in [2.75, 3.05) is 50.1 Å². The second kappa shape index (κ2) is 9.25. The third kappa shape index (κ3) is 4.32. The molecule has 170 valence electrons.